The van der Waals surface area contributed by atoms with E-state index < -0.39 is 57.7 Å². The van der Waals surface area contributed by atoms with Gasteiger partial charge in [-0.1, -0.05) is 44.2 Å². The van der Waals surface area contributed by atoms with Crippen molar-refractivity contribution in [2.24, 2.45) is 22.2 Å². The molecule has 0 bridgehead atoms. The van der Waals surface area contributed by atoms with Crippen LogP contribution in [0.25, 0.3) is 0 Å². The van der Waals surface area contributed by atoms with E-state index >= 15 is 0 Å². The van der Waals surface area contributed by atoms with Crippen LogP contribution in [0, 0.1) is 22.2 Å². The fourth-order valence-electron chi connectivity index (χ4n) is 6.77. The molecule has 0 aromatic heterocycles. The summed E-state index contributed by atoms with van der Waals surface area (Å²) in [5.41, 5.74) is -3.66. The number of hydrogen-bond donors (Lipinski definition) is 1. The molecule has 47 heavy (non-hydrogen) atoms. The number of carbonyl (C=O) groups excluding carboxylic acids is 4. The number of methoxy groups -OCH3 is 1. The van der Waals surface area contributed by atoms with Crippen LogP contribution in [0.15, 0.2) is 30.3 Å². The molecule has 0 heterocycles. The normalized spacial score (nSPS) is 18.2. The first-order chi connectivity index (χ1) is 22.0. The number of aliphatic hydroxyl groups excluding tert-OH is 1. The van der Waals surface area contributed by atoms with E-state index in [9.17, 15) is 24.3 Å². The number of esters is 4. The highest BCUT2D eigenvalue weighted by molar-refractivity contribution is 5.83. The molecule has 1 aliphatic carbocycles. The van der Waals surface area contributed by atoms with Crippen LogP contribution in [0.4, 0.5) is 0 Å². The average molecular weight is 663 g/mol. The van der Waals surface area contributed by atoms with E-state index in [0.29, 0.717) is 12.8 Å². The summed E-state index contributed by atoms with van der Waals surface area (Å²) in [5, 5.41) is 9.92. The van der Waals surface area contributed by atoms with Gasteiger partial charge in [0.2, 0.25) is 0 Å². The highest BCUT2D eigenvalue weighted by atomic mass is 16.6. The molecule has 1 aromatic rings. The fourth-order valence-corrected chi connectivity index (χ4v) is 6.77. The zero-order valence-electron chi connectivity index (χ0n) is 29.9. The van der Waals surface area contributed by atoms with E-state index in [2.05, 4.69) is 0 Å². The van der Waals surface area contributed by atoms with Gasteiger partial charge in [0.05, 0.1) is 34.9 Å². The molecule has 1 aromatic carbocycles. The summed E-state index contributed by atoms with van der Waals surface area (Å²) in [4.78, 5) is 54.9. The zero-order chi connectivity index (χ0) is 35.3. The van der Waals surface area contributed by atoms with Gasteiger partial charge >= 0.3 is 23.9 Å². The van der Waals surface area contributed by atoms with Crippen LogP contribution in [0.3, 0.4) is 0 Å². The molecule has 4 atom stereocenters. The largest absolute Gasteiger partial charge is 0.463 e. The van der Waals surface area contributed by atoms with Crippen molar-refractivity contribution in [3.05, 3.63) is 35.9 Å². The molecule has 0 spiro atoms. The van der Waals surface area contributed by atoms with Crippen molar-refractivity contribution in [1.82, 2.24) is 0 Å². The number of benzene rings is 1. The third-order valence-corrected chi connectivity index (χ3v) is 9.34. The van der Waals surface area contributed by atoms with Crippen LogP contribution in [0.2, 0.25) is 0 Å². The van der Waals surface area contributed by atoms with E-state index in [1.807, 2.05) is 44.2 Å². The lowest BCUT2D eigenvalue weighted by molar-refractivity contribution is -0.177. The van der Waals surface area contributed by atoms with Crippen molar-refractivity contribution in [3.8, 4) is 0 Å². The van der Waals surface area contributed by atoms with Crippen LogP contribution < -0.4 is 0 Å². The quantitative estimate of drug-likeness (QED) is 0.0957. The molecule has 10 nitrogen and oxygen atoms in total. The predicted molar refractivity (Wildman–Crippen MR) is 177 cm³/mol. The molecule has 1 N–H and O–H groups in total. The van der Waals surface area contributed by atoms with E-state index in [1.54, 1.807) is 27.7 Å². The Bertz CT molecular complexity index is 1160. The second-order valence-corrected chi connectivity index (χ2v) is 14.5. The summed E-state index contributed by atoms with van der Waals surface area (Å²) >= 11 is 0. The van der Waals surface area contributed by atoms with Gasteiger partial charge in [0.1, 0.15) is 25.4 Å². The molecule has 4 unspecified atom stereocenters. The Hall–Kier alpha value is -2.98. The highest BCUT2D eigenvalue weighted by Gasteiger charge is 2.52. The van der Waals surface area contributed by atoms with Crippen LogP contribution >= 0.6 is 0 Å². The number of hydrogen-bond acceptors (Lipinski definition) is 10. The first kappa shape index (κ1) is 40.2. The highest BCUT2D eigenvalue weighted by Crippen LogP contribution is 2.48. The summed E-state index contributed by atoms with van der Waals surface area (Å²) in [5.74, 6) is -2.82. The van der Waals surface area contributed by atoms with Gasteiger partial charge in [-0.3, -0.25) is 19.2 Å². The Morgan fingerprint density at radius 1 is 0.851 bits per heavy atom. The van der Waals surface area contributed by atoms with Gasteiger partial charge in [-0.2, -0.15) is 0 Å². The maximum atomic E-state index is 14.1. The second-order valence-electron chi connectivity index (χ2n) is 14.5. The van der Waals surface area contributed by atoms with Crippen molar-refractivity contribution < 1.29 is 48.0 Å². The molecule has 1 saturated carbocycles. The van der Waals surface area contributed by atoms with E-state index in [-0.39, 0.29) is 45.7 Å². The Balaban J connectivity index is 2.49. The van der Waals surface area contributed by atoms with E-state index in [0.717, 1.165) is 31.2 Å². The SMILES string of the molecule is CCC(CC(C)(CC(C)(CC(C)(C)C(=O)OC1(CC)CCCC1)C(=O)OCC(C)O)C(=O)OCc1ccccc1)C(=O)OCCOC. The maximum absolute atomic E-state index is 14.1. The Morgan fingerprint density at radius 3 is 2.02 bits per heavy atom. The minimum Gasteiger partial charge on any atom is -0.463 e. The Kier molecular flexibility index (Phi) is 15.4. The Morgan fingerprint density at radius 2 is 1.47 bits per heavy atom. The van der Waals surface area contributed by atoms with Gasteiger partial charge in [0, 0.05) is 7.11 Å². The summed E-state index contributed by atoms with van der Waals surface area (Å²) in [7, 11) is 1.51. The fraction of sp³-hybridized carbons (Fsp3) is 0.730. The predicted octanol–water partition coefficient (Wildman–Crippen LogP) is 6.34. The van der Waals surface area contributed by atoms with Gasteiger partial charge in [-0.05, 0) is 98.0 Å². The van der Waals surface area contributed by atoms with Gasteiger partial charge in [-0.15, -0.1) is 0 Å². The van der Waals surface area contributed by atoms with E-state index in [4.69, 9.17) is 23.7 Å². The second kappa shape index (κ2) is 18.0. The molecular formula is C37H58O10. The lowest BCUT2D eigenvalue weighted by Crippen LogP contribution is -2.47. The van der Waals surface area contributed by atoms with Gasteiger partial charge in [0.25, 0.3) is 0 Å². The maximum Gasteiger partial charge on any atom is 0.312 e. The van der Waals surface area contributed by atoms with Crippen LogP contribution in [0.1, 0.15) is 112 Å². The molecule has 0 saturated heterocycles. The molecule has 266 valence electrons. The summed E-state index contributed by atoms with van der Waals surface area (Å²) < 4.78 is 28.0. The summed E-state index contributed by atoms with van der Waals surface area (Å²) in [6.45, 7) is 12.2. The molecule has 0 amide bonds. The monoisotopic (exact) mass is 662 g/mol. The summed E-state index contributed by atoms with van der Waals surface area (Å²) in [6, 6.07) is 9.23. The van der Waals surface area contributed by atoms with Crippen molar-refractivity contribution in [2.75, 3.05) is 26.9 Å². The van der Waals surface area contributed by atoms with Gasteiger partial charge in [-0.25, -0.2) is 0 Å². The molecule has 0 radical (unpaired) electrons. The van der Waals surface area contributed by atoms with Gasteiger partial charge in [0.15, 0.2) is 0 Å². The standard InChI is InChI=1S/C37H58O10/c1-9-29(30(39)44-21-20-43-8)22-35(6,32(41)46-24-28-16-12-11-13-17-28)26-36(7,33(42)45-23-27(3)38)25-34(4,5)31(40)47-37(10-2)18-14-15-19-37/h11-13,16-17,27,29,38H,9-10,14-15,18-26H2,1-8H3. The molecule has 1 fully saturated rings. The van der Waals surface area contributed by atoms with Crippen LogP contribution in [-0.4, -0.2) is 67.6 Å². The molecule has 1 aliphatic rings. The smallest absolute Gasteiger partial charge is 0.312 e. The lowest BCUT2D eigenvalue weighted by Gasteiger charge is -2.41. The molecule has 0 aliphatic heterocycles. The van der Waals surface area contributed by atoms with Crippen molar-refractivity contribution in [2.45, 2.75) is 125 Å². The minimum atomic E-state index is -1.41. The first-order valence-corrected chi connectivity index (χ1v) is 17.0. The van der Waals surface area contributed by atoms with Crippen molar-refractivity contribution in [3.63, 3.8) is 0 Å². The summed E-state index contributed by atoms with van der Waals surface area (Å²) in [6.07, 6.45) is 3.67. The van der Waals surface area contributed by atoms with Crippen molar-refractivity contribution >= 4 is 23.9 Å². The number of ether oxygens (including phenoxy) is 5. The average Bonchev–Trinajstić information content (AvgIpc) is 3.50. The van der Waals surface area contributed by atoms with Crippen LogP contribution in [-0.2, 0) is 49.5 Å². The molecular weight excluding hydrogens is 604 g/mol. The zero-order valence-corrected chi connectivity index (χ0v) is 29.9. The first-order valence-electron chi connectivity index (χ1n) is 17.0. The number of aliphatic hydroxyl groups is 1. The number of rotatable bonds is 20. The number of carbonyl (C=O) groups is 4. The molecule has 10 heteroatoms. The Labute approximate surface area is 281 Å². The minimum absolute atomic E-state index is 0.00441. The topological polar surface area (TPSA) is 135 Å². The van der Waals surface area contributed by atoms with E-state index in [1.165, 1.54) is 14.0 Å². The third kappa shape index (κ3) is 11.9. The third-order valence-electron chi connectivity index (χ3n) is 9.34. The van der Waals surface area contributed by atoms with Gasteiger partial charge < -0.3 is 28.8 Å². The molecule has 2 rings (SSSR count). The van der Waals surface area contributed by atoms with Crippen LogP contribution in [0.5, 0.6) is 0 Å². The van der Waals surface area contributed by atoms with Crippen molar-refractivity contribution in [1.29, 1.82) is 0 Å². The lowest BCUT2D eigenvalue weighted by atomic mass is 9.63.